The van der Waals surface area contributed by atoms with E-state index in [1.165, 1.54) is 4.90 Å². The first-order valence-electron chi connectivity index (χ1n) is 17.8. The number of fused-ring (bicyclic) bond motifs is 4. The third kappa shape index (κ3) is 3.54. The number of ether oxygens (including phenoxy) is 1. The van der Waals surface area contributed by atoms with Gasteiger partial charge in [0, 0.05) is 34.1 Å². The molecule has 6 aromatic rings. The predicted molar refractivity (Wildman–Crippen MR) is 167 cm³/mol. The second kappa shape index (κ2) is 9.21. The molecule has 0 saturated heterocycles. The standard InChI is InChI=1S/C36H25BN2O/c1-4-13-26(14-5-1)38(27-15-6-2-7-16-27)29-23-24-30-33(25-29)39(28-17-8-3-9-18-28)32-20-12-22-35-36(32)37(30)31-19-10-11-21-34(31)40-35/h1-25H/i1D,2D,4D,5D,6D,7D,13D,14D,15D,16D. The first-order chi connectivity index (χ1) is 24.0. The molecule has 0 amide bonds. The molecule has 188 valence electrons. The van der Waals surface area contributed by atoms with Crippen LogP contribution in [0.4, 0.5) is 34.1 Å². The van der Waals surface area contributed by atoms with E-state index in [0.717, 1.165) is 27.8 Å². The van der Waals surface area contributed by atoms with Gasteiger partial charge >= 0.3 is 0 Å². The summed E-state index contributed by atoms with van der Waals surface area (Å²) in [5.74, 6) is 1.42. The topological polar surface area (TPSA) is 15.7 Å². The molecule has 2 aliphatic heterocycles. The Morgan fingerprint density at radius 1 is 0.575 bits per heavy atom. The largest absolute Gasteiger partial charge is 0.458 e. The fourth-order valence-corrected chi connectivity index (χ4v) is 5.69. The summed E-state index contributed by atoms with van der Waals surface area (Å²) in [6.45, 7) is -0.259. The van der Waals surface area contributed by atoms with Crippen LogP contribution < -0.4 is 30.9 Å². The molecular weight excluding hydrogens is 487 g/mol. The lowest BCUT2D eigenvalue weighted by Crippen LogP contribution is -2.59. The Hall–Kier alpha value is -5.22. The van der Waals surface area contributed by atoms with Crippen molar-refractivity contribution in [2.24, 2.45) is 0 Å². The summed E-state index contributed by atoms with van der Waals surface area (Å²) in [6.07, 6.45) is 0. The molecule has 0 bridgehead atoms. The Labute approximate surface area is 248 Å². The van der Waals surface area contributed by atoms with E-state index in [9.17, 15) is 0 Å². The molecule has 3 nitrogen and oxygen atoms in total. The molecule has 4 heteroatoms. The SMILES string of the molecule is [2H]c1c([2H])c([2H])c(N(c2ccc3c(c2)N(c2ccccc2)c2cccc4c2B3c2ccccc2O4)c2c([2H])c([2H])c([2H])c([2H])c2[2H])c([2H])c1[2H]. The van der Waals surface area contributed by atoms with Gasteiger partial charge in [0.2, 0.25) is 0 Å². The second-order valence-electron chi connectivity index (χ2n) is 9.46. The lowest BCUT2D eigenvalue weighted by atomic mass is 9.34. The van der Waals surface area contributed by atoms with Gasteiger partial charge in [-0.1, -0.05) is 84.8 Å². The Kier molecular flexibility index (Phi) is 3.41. The molecule has 0 atom stereocenters. The van der Waals surface area contributed by atoms with Crippen LogP contribution in [0, 0.1) is 0 Å². The van der Waals surface area contributed by atoms with Crippen LogP contribution in [0.1, 0.15) is 13.7 Å². The van der Waals surface area contributed by atoms with E-state index in [-0.39, 0.29) is 23.8 Å². The fourth-order valence-electron chi connectivity index (χ4n) is 5.69. The lowest BCUT2D eigenvalue weighted by molar-refractivity contribution is 0.487. The van der Waals surface area contributed by atoms with Crippen molar-refractivity contribution in [1.29, 1.82) is 0 Å². The van der Waals surface area contributed by atoms with Crippen molar-refractivity contribution in [3.8, 4) is 11.5 Å². The summed E-state index contributed by atoms with van der Waals surface area (Å²) in [5, 5.41) is 0. The van der Waals surface area contributed by atoms with Crippen molar-refractivity contribution in [3.63, 3.8) is 0 Å². The summed E-state index contributed by atoms with van der Waals surface area (Å²) in [6, 6.07) is 22.6. The average molecular weight is 522 g/mol. The number of para-hydroxylation sites is 4. The van der Waals surface area contributed by atoms with E-state index in [2.05, 4.69) is 0 Å². The highest BCUT2D eigenvalue weighted by atomic mass is 16.5. The van der Waals surface area contributed by atoms with Crippen LogP contribution in [0.3, 0.4) is 0 Å². The molecular formula is C36H25BN2O. The lowest BCUT2D eigenvalue weighted by Gasteiger charge is -2.40. The van der Waals surface area contributed by atoms with E-state index in [1.54, 1.807) is 12.1 Å². The molecule has 40 heavy (non-hydrogen) atoms. The number of hydrogen-bond donors (Lipinski definition) is 0. The number of benzene rings is 6. The predicted octanol–water partition coefficient (Wildman–Crippen LogP) is 7.56. The minimum Gasteiger partial charge on any atom is -0.458 e. The van der Waals surface area contributed by atoms with Crippen LogP contribution in [-0.2, 0) is 0 Å². The van der Waals surface area contributed by atoms with Gasteiger partial charge in [-0.25, -0.2) is 0 Å². The summed E-state index contributed by atoms with van der Waals surface area (Å²) < 4.78 is 92.2. The van der Waals surface area contributed by atoms with Gasteiger partial charge in [-0.2, -0.15) is 0 Å². The monoisotopic (exact) mass is 522 g/mol. The quantitative estimate of drug-likeness (QED) is 0.222. The molecule has 0 saturated carbocycles. The zero-order valence-electron chi connectivity index (χ0n) is 31.0. The average Bonchev–Trinajstić information content (AvgIpc) is 3.14. The molecule has 6 aromatic carbocycles. The molecule has 8 rings (SSSR count). The van der Waals surface area contributed by atoms with Crippen LogP contribution in [0.5, 0.6) is 11.5 Å². The fraction of sp³-hybridized carbons (Fsp3) is 0. The van der Waals surface area contributed by atoms with Gasteiger partial charge in [0.15, 0.2) is 0 Å². The second-order valence-corrected chi connectivity index (χ2v) is 9.46. The summed E-state index contributed by atoms with van der Waals surface area (Å²) in [7, 11) is 0. The number of nitrogens with zero attached hydrogens (tertiary/aromatic N) is 2. The molecule has 0 N–H and O–H groups in total. The highest BCUT2D eigenvalue weighted by Crippen LogP contribution is 2.43. The molecule has 0 aliphatic carbocycles. The highest BCUT2D eigenvalue weighted by Gasteiger charge is 2.41. The van der Waals surface area contributed by atoms with E-state index in [4.69, 9.17) is 18.4 Å². The van der Waals surface area contributed by atoms with Gasteiger partial charge in [-0.15, -0.1) is 0 Å². The van der Waals surface area contributed by atoms with Gasteiger partial charge in [-0.3, -0.25) is 0 Å². The molecule has 2 heterocycles. The van der Waals surface area contributed by atoms with Crippen molar-refractivity contribution < 1.29 is 18.4 Å². The van der Waals surface area contributed by atoms with Crippen LogP contribution >= 0.6 is 0 Å². The van der Waals surface area contributed by atoms with Crippen molar-refractivity contribution in [3.05, 3.63) is 151 Å². The van der Waals surface area contributed by atoms with E-state index in [1.807, 2.05) is 83.8 Å². The van der Waals surface area contributed by atoms with Crippen LogP contribution in [0.25, 0.3) is 0 Å². The highest BCUT2D eigenvalue weighted by molar-refractivity contribution is 6.99. The normalized spacial score (nSPS) is 16.1. The molecule has 0 radical (unpaired) electrons. The maximum Gasteiger partial charge on any atom is 0.256 e. The minimum atomic E-state index is -0.623. The Morgan fingerprint density at radius 2 is 1.25 bits per heavy atom. The minimum absolute atomic E-state index is 0.224. The van der Waals surface area contributed by atoms with Gasteiger partial charge < -0.3 is 14.5 Å². The Balaban J connectivity index is 1.48. The van der Waals surface area contributed by atoms with Gasteiger partial charge in [0.25, 0.3) is 6.71 Å². The van der Waals surface area contributed by atoms with Crippen LogP contribution in [-0.4, -0.2) is 6.71 Å². The van der Waals surface area contributed by atoms with Gasteiger partial charge in [0.05, 0.1) is 13.7 Å². The molecule has 0 aromatic heterocycles. The molecule has 0 spiro atoms. The zero-order chi connectivity index (χ0) is 35.2. The van der Waals surface area contributed by atoms with E-state index < -0.39 is 60.4 Å². The zero-order valence-corrected chi connectivity index (χ0v) is 21.0. The van der Waals surface area contributed by atoms with Crippen LogP contribution in [0.2, 0.25) is 0 Å². The third-order valence-corrected chi connectivity index (χ3v) is 7.28. The molecule has 2 aliphatic rings. The third-order valence-electron chi connectivity index (χ3n) is 7.28. The number of hydrogen-bond acceptors (Lipinski definition) is 3. The van der Waals surface area contributed by atoms with Gasteiger partial charge in [-0.05, 0) is 83.0 Å². The van der Waals surface area contributed by atoms with Crippen LogP contribution in [0.15, 0.2) is 151 Å². The van der Waals surface area contributed by atoms with Crippen molar-refractivity contribution in [2.75, 3.05) is 9.80 Å². The van der Waals surface area contributed by atoms with E-state index >= 15 is 0 Å². The van der Waals surface area contributed by atoms with Crippen molar-refractivity contribution in [1.82, 2.24) is 0 Å². The summed E-state index contributed by atoms with van der Waals surface area (Å²) in [5.41, 5.74) is 4.66. The number of rotatable bonds is 4. The smallest absolute Gasteiger partial charge is 0.256 e. The first kappa shape index (κ1) is 14.8. The maximum absolute atomic E-state index is 8.90. The maximum atomic E-state index is 8.90. The van der Waals surface area contributed by atoms with E-state index in [0.29, 0.717) is 17.2 Å². The number of anilines is 6. The molecule has 0 unspecified atom stereocenters. The molecule has 0 fully saturated rings. The summed E-state index contributed by atoms with van der Waals surface area (Å²) >= 11 is 0. The van der Waals surface area contributed by atoms with Crippen molar-refractivity contribution in [2.45, 2.75) is 0 Å². The first-order valence-corrected chi connectivity index (χ1v) is 12.8. The Morgan fingerprint density at radius 3 is 2.00 bits per heavy atom. The van der Waals surface area contributed by atoms with Crippen molar-refractivity contribution >= 4 is 57.2 Å². The van der Waals surface area contributed by atoms with Gasteiger partial charge in [0.1, 0.15) is 11.5 Å². The summed E-state index contributed by atoms with van der Waals surface area (Å²) in [4.78, 5) is 3.24. The Bertz CT molecular complexity index is 2280.